The van der Waals surface area contributed by atoms with Gasteiger partial charge < -0.3 is 15.6 Å². The first kappa shape index (κ1) is 21.6. The second-order valence-corrected chi connectivity index (χ2v) is 7.51. The lowest BCUT2D eigenvalue weighted by Gasteiger charge is -2.10. The van der Waals surface area contributed by atoms with E-state index in [1.807, 2.05) is 0 Å². The number of rotatable bonds is 6. The standard InChI is InChI=1S/C23H19F4N3O2/c24-14-4-1-12(2-5-14)18-11-13(3-8-19(31)29-17-9-10-28-23(17)32)22(30-18)15-6-7-16(25)21(27)20(15)26/h1-2,4-7,11,17,30H,3,8-10H2,(H,28,32)(H,29,31). The maximum atomic E-state index is 14.5. The SMILES string of the molecule is O=C(CCc1cc(-c2ccc(F)cc2)[nH]c1-c1ccc(F)c(F)c1F)NC1CCNC1=O. The Labute approximate surface area is 180 Å². The molecule has 0 saturated carbocycles. The maximum Gasteiger partial charge on any atom is 0.242 e. The van der Waals surface area contributed by atoms with Gasteiger partial charge in [-0.15, -0.1) is 0 Å². The monoisotopic (exact) mass is 445 g/mol. The van der Waals surface area contributed by atoms with Crippen molar-refractivity contribution in [1.29, 1.82) is 0 Å². The van der Waals surface area contributed by atoms with Crippen LogP contribution in [0.15, 0.2) is 42.5 Å². The lowest BCUT2D eigenvalue weighted by molar-refractivity contribution is -0.127. The first-order valence-electron chi connectivity index (χ1n) is 10.0. The van der Waals surface area contributed by atoms with Crippen molar-refractivity contribution in [3.63, 3.8) is 0 Å². The van der Waals surface area contributed by atoms with E-state index in [0.29, 0.717) is 29.8 Å². The van der Waals surface area contributed by atoms with Gasteiger partial charge in [-0.05, 0) is 66.4 Å². The molecule has 0 spiro atoms. The normalized spacial score (nSPS) is 15.6. The van der Waals surface area contributed by atoms with Crippen LogP contribution in [0.5, 0.6) is 0 Å². The summed E-state index contributed by atoms with van der Waals surface area (Å²) in [6.07, 6.45) is 0.628. The zero-order chi connectivity index (χ0) is 22.8. The molecule has 4 rings (SSSR count). The van der Waals surface area contributed by atoms with Gasteiger partial charge in [0.05, 0.1) is 5.69 Å². The number of aromatic nitrogens is 1. The lowest BCUT2D eigenvalue weighted by Crippen LogP contribution is -2.40. The topological polar surface area (TPSA) is 74.0 Å². The molecule has 0 bridgehead atoms. The minimum atomic E-state index is -1.60. The second kappa shape index (κ2) is 8.86. The Morgan fingerprint density at radius 2 is 1.78 bits per heavy atom. The second-order valence-electron chi connectivity index (χ2n) is 7.51. The minimum absolute atomic E-state index is 0.0111. The summed E-state index contributed by atoms with van der Waals surface area (Å²) < 4.78 is 55.0. The summed E-state index contributed by atoms with van der Waals surface area (Å²) in [6, 6.07) is 8.54. The van der Waals surface area contributed by atoms with E-state index in [0.717, 1.165) is 12.1 Å². The average molecular weight is 445 g/mol. The van der Waals surface area contributed by atoms with Gasteiger partial charge in [-0.25, -0.2) is 17.6 Å². The van der Waals surface area contributed by atoms with Gasteiger partial charge in [0.1, 0.15) is 11.9 Å². The molecule has 1 fully saturated rings. The van der Waals surface area contributed by atoms with E-state index in [1.165, 1.54) is 24.3 Å². The number of amides is 2. The number of benzene rings is 2. The highest BCUT2D eigenvalue weighted by molar-refractivity contribution is 5.89. The number of aromatic amines is 1. The summed E-state index contributed by atoms with van der Waals surface area (Å²) in [5, 5.41) is 5.27. The third-order valence-corrected chi connectivity index (χ3v) is 5.36. The van der Waals surface area contributed by atoms with Crippen LogP contribution in [0.4, 0.5) is 17.6 Å². The number of carbonyl (C=O) groups is 2. The molecule has 2 heterocycles. The smallest absolute Gasteiger partial charge is 0.242 e. The van der Waals surface area contributed by atoms with E-state index >= 15 is 0 Å². The fourth-order valence-corrected chi connectivity index (χ4v) is 3.69. The molecule has 9 heteroatoms. The quantitative estimate of drug-likeness (QED) is 0.399. The van der Waals surface area contributed by atoms with Crippen LogP contribution in [-0.4, -0.2) is 29.4 Å². The Hall–Kier alpha value is -3.62. The van der Waals surface area contributed by atoms with Crippen LogP contribution >= 0.6 is 0 Å². The van der Waals surface area contributed by atoms with Crippen molar-refractivity contribution >= 4 is 11.8 Å². The first-order valence-corrected chi connectivity index (χ1v) is 10.0. The highest BCUT2D eigenvalue weighted by Gasteiger charge is 2.26. The van der Waals surface area contributed by atoms with Crippen molar-refractivity contribution < 1.29 is 27.2 Å². The summed E-state index contributed by atoms with van der Waals surface area (Å²) >= 11 is 0. The Kier molecular flexibility index (Phi) is 5.98. The molecule has 2 amide bonds. The largest absolute Gasteiger partial charge is 0.354 e. The maximum absolute atomic E-state index is 14.5. The predicted octanol–water partition coefficient (Wildman–Crippen LogP) is 3.84. The van der Waals surface area contributed by atoms with Gasteiger partial charge in [0.2, 0.25) is 11.8 Å². The molecule has 5 nitrogen and oxygen atoms in total. The van der Waals surface area contributed by atoms with Gasteiger partial charge >= 0.3 is 0 Å². The van der Waals surface area contributed by atoms with Crippen LogP contribution in [0.1, 0.15) is 18.4 Å². The molecule has 1 unspecified atom stereocenters. The van der Waals surface area contributed by atoms with Crippen LogP contribution in [0, 0.1) is 23.3 Å². The number of H-pyrrole nitrogens is 1. The summed E-state index contributed by atoms with van der Waals surface area (Å²) in [4.78, 5) is 26.9. The molecule has 3 N–H and O–H groups in total. The van der Waals surface area contributed by atoms with Crippen LogP contribution < -0.4 is 10.6 Å². The molecule has 1 atom stereocenters. The van der Waals surface area contributed by atoms with Crippen molar-refractivity contribution in [3.05, 3.63) is 71.3 Å². The first-order chi connectivity index (χ1) is 15.3. The van der Waals surface area contributed by atoms with E-state index < -0.39 is 29.3 Å². The van der Waals surface area contributed by atoms with Crippen molar-refractivity contribution in [1.82, 2.24) is 15.6 Å². The minimum Gasteiger partial charge on any atom is -0.354 e. The Bertz CT molecular complexity index is 1170. The molecule has 2 aromatic carbocycles. The van der Waals surface area contributed by atoms with Crippen LogP contribution in [0.2, 0.25) is 0 Å². The molecule has 1 saturated heterocycles. The number of halogens is 4. The number of nitrogens with one attached hydrogen (secondary N) is 3. The summed E-state index contributed by atoms with van der Waals surface area (Å²) in [7, 11) is 0. The highest BCUT2D eigenvalue weighted by Crippen LogP contribution is 2.33. The fourth-order valence-electron chi connectivity index (χ4n) is 3.69. The van der Waals surface area contributed by atoms with Crippen molar-refractivity contribution in [3.8, 4) is 22.5 Å². The van der Waals surface area contributed by atoms with Crippen molar-refractivity contribution in [2.24, 2.45) is 0 Å². The molecule has 32 heavy (non-hydrogen) atoms. The van der Waals surface area contributed by atoms with Gasteiger partial charge in [-0.2, -0.15) is 0 Å². The summed E-state index contributed by atoms with van der Waals surface area (Å²) in [5.74, 6) is -5.31. The molecule has 1 aliphatic rings. The zero-order valence-corrected chi connectivity index (χ0v) is 16.8. The number of hydrogen-bond donors (Lipinski definition) is 3. The van der Waals surface area contributed by atoms with E-state index in [4.69, 9.17) is 0 Å². The van der Waals surface area contributed by atoms with Crippen LogP contribution in [-0.2, 0) is 16.0 Å². The summed E-state index contributed by atoms with van der Waals surface area (Å²) in [6.45, 7) is 0.488. The molecule has 1 aliphatic heterocycles. The molecular weight excluding hydrogens is 426 g/mol. The Morgan fingerprint density at radius 3 is 2.47 bits per heavy atom. The van der Waals surface area contributed by atoms with E-state index in [9.17, 15) is 27.2 Å². The molecule has 166 valence electrons. The molecule has 1 aromatic heterocycles. The number of carbonyl (C=O) groups excluding carboxylic acids is 2. The number of hydrogen-bond acceptors (Lipinski definition) is 2. The van der Waals surface area contributed by atoms with Crippen LogP contribution in [0.3, 0.4) is 0 Å². The van der Waals surface area contributed by atoms with Gasteiger partial charge in [-0.3, -0.25) is 9.59 Å². The highest BCUT2D eigenvalue weighted by atomic mass is 19.2. The third kappa shape index (κ3) is 4.37. The Morgan fingerprint density at radius 1 is 1.03 bits per heavy atom. The summed E-state index contributed by atoms with van der Waals surface area (Å²) in [5.41, 5.74) is 1.57. The lowest BCUT2D eigenvalue weighted by atomic mass is 10.0. The van der Waals surface area contributed by atoms with E-state index in [1.54, 1.807) is 6.07 Å². The molecule has 0 radical (unpaired) electrons. The van der Waals surface area contributed by atoms with Crippen molar-refractivity contribution in [2.45, 2.75) is 25.3 Å². The van der Waals surface area contributed by atoms with Gasteiger partial charge in [0.25, 0.3) is 0 Å². The van der Waals surface area contributed by atoms with Gasteiger partial charge in [0.15, 0.2) is 17.5 Å². The van der Waals surface area contributed by atoms with E-state index in [2.05, 4.69) is 15.6 Å². The third-order valence-electron chi connectivity index (χ3n) is 5.36. The Balaban J connectivity index is 1.63. The molecular formula is C23H19F4N3O2. The molecule has 3 aromatic rings. The van der Waals surface area contributed by atoms with Gasteiger partial charge in [-0.1, -0.05) is 0 Å². The number of aryl methyl sites for hydroxylation is 1. The van der Waals surface area contributed by atoms with Crippen molar-refractivity contribution in [2.75, 3.05) is 6.54 Å². The predicted molar refractivity (Wildman–Crippen MR) is 109 cm³/mol. The molecule has 0 aliphatic carbocycles. The van der Waals surface area contributed by atoms with Gasteiger partial charge in [0, 0.05) is 24.2 Å². The average Bonchev–Trinajstić information content (AvgIpc) is 3.37. The van der Waals surface area contributed by atoms with Crippen LogP contribution in [0.25, 0.3) is 22.5 Å². The fraction of sp³-hybridized carbons (Fsp3) is 0.217. The van der Waals surface area contributed by atoms with E-state index in [-0.39, 0.29) is 35.9 Å². The zero-order valence-electron chi connectivity index (χ0n) is 16.8.